The standard InChI is InChI=1S/C9H8O.Se.Zn/c1-2-6-9-8(4-1)5-3-7-10-9;;/h1-6H,7H2;;. The van der Waals surface area contributed by atoms with Crippen molar-refractivity contribution in [1.29, 1.82) is 0 Å². The zero-order valence-electron chi connectivity index (χ0n) is 6.69. The first kappa shape index (κ1) is 11.9. The maximum atomic E-state index is 5.34. The van der Waals surface area contributed by atoms with Gasteiger partial charge < -0.3 is 4.74 Å². The largest absolute Gasteiger partial charge is 0.489 e. The van der Waals surface area contributed by atoms with Crippen LogP contribution < -0.4 is 4.74 Å². The first-order valence-electron chi connectivity index (χ1n) is 3.35. The molecule has 1 aliphatic rings. The van der Waals surface area contributed by atoms with Crippen molar-refractivity contribution in [3.63, 3.8) is 0 Å². The minimum atomic E-state index is 0. The van der Waals surface area contributed by atoms with Gasteiger partial charge in [-0.3, -0.25) is 0 Å². The first-order valence-corrected chi connectivity index (χ1v) is 3.35. The summed E-state index contributed by atoms with van der Waals surface area (Å²) in [5, 5.41) is 0. The number of rotatable bonds is 0. The van der Waals surface area contributed by atoms with E-state index < -0.39 is 0 Å². The van der Waals surface area contributed by atoms with Gasteiger partial charge in [0.15, 0.2) is 0 Å². The van der Waals surface area contributed by atoms with Crippen molar-refractivity contribution in [2.75, 3.05) is 6.61 Å². The number of fused-ring (bicyclic) bond motifs is 1. The Labute approximate surface area is 95.4 Å². The van der Waals surface area contributed by atoms with Crippen LogP contribution in [0, 0.1) is 0 Å². The van der Waals surface area contributed by atoms with Gasteiger partial charge in [0.2, 0.25) is 0 Å². The average Bonchev–Trinajstić information content (AvgIpc) is 2.05. The molecule has 0 fully saturated rings. The van der Waals surface area contributed by atoms with E-state index in [0.29, 0.717) is 6.61 Å². The molecule has 0 saturated heterocycles. The van der Waals surface area contributed by atoms with Crippen molar-refractivity contribution in [1.82, 2.24) is 0 Å². The fourth-order valence-electron chi connectivity index (χ4n) is 1.06. The zero-order valence-corrected chi connectivity index (χ0v) is 11.4. The summed E-state index contributed by atoms with van der Waals surface area (Å²) >= 11 is 0. The van der Waals surface area contributed by atoms with E-state index in [1.165, 1.54) is 5.56 Å². The summed E-state index contributed by atoms with van der Waals surface area (Å²) in [4.78, 5) is 0. The van der Waals surface area contributed by atoms with E-state index >= 15 is 0 Å². The van der Waals surface area contributed by atoms with Crippen LogP contribution in [-0.4, -0.2) is 23.7 Å². The van der Waals surface area contributed by atoms with Gasteiger partial charge in [-0.05, 0) is 12.1 Å². The second-order valence-corrected chi connectivity index (χ2v) is 2.25. The molecule has 1 aromatic rings. The van der Waals surface area contributed by atoms with Crippen molar-refractivity contribution in [2.45, 2.75) is 0 Å². The Bertz CT molecular complexity index is 273. The molecule has 0 spiro atoms. The third-order valence-corrected chi connectivity index (χ3v) is 1.55. The molecule has 1 aliphatic heterocycles. The molecule has 0 amide bonds. The van der Waals surface area contributed by atoms with Gasteiger partial charge in [-0.1, -0.05) is 24.3 Å². The van der Waals surface area contributed by atoms with E-state index in [1.54, 1.807) is 0 Å². The van der Waals surface area contributed by atoms with Gasteiger partial charge in [0.1, 0.15) is 12.4 Å². The van der Waals surface area contributed by atoms with E-state index in [4.69, 9.17) is 4.74 Å². The van der Waals surface area contributed by atoms with Crippen LogP contribution in [0.25, 0.3) is 6.08 Å². The third-order valence-electron chi connectivity index (χ3n) is 1.55. The molecule has 1 nitrogen and oxygen atoms in total. The van der Waals surface area contributed by atoms with Gasteiger partial charge in [-0.15, -0.1) is 0 Å². The number of hydrogen-bond donors (Lipinski definition) is 0. The summed E-state index contributed by atoms with van der Waals surface area (Å²) < 4.78 is 5.34. The van der Waals surface area contributed by atoms with Crippen LogP contribution in [0.3, 0.4) is 0 Å². The molecule has 3 heteroatoms. The second-order valence-electron chi connectivity index (χ2n) is 2.25. The van der Waals surface area contributed by atoms with E-state index in [0.717, 1.165) is 5.75 Å². The molecule has 58 valence electrons. The molecule has 0 N–H and O–H groups in total. The molecule has 2 rings (SSSR count). The molecule has 0 unspecified atom stereocenters. The summed E-state index contributed by atoms with van der Waals surface area (Å²) in [5.41, 5.74) is 1.17. The van der Waals surface area contributed by atoms with Crippen molar-refractivity contribution in [3.05, 3.63) is 35.9 Å². The summed E-state index contributed by atoms with van der Waals surface area (Å²) in [6.07, 6.45) is 4.10. The van der Waals surface area contributed by atoms with Gasteiger partial charge >= 0.3 is 0 Å². The van der Waals surface area contributed by atoms with Crippen molar-refractivity contribution < 1.29 is 24.2 Å². The van der Waals surface area contributed by atoms with Gasteiger partial charge in [0, 0.05) is 42.1 Å². The molecule has 0 saturated carbocycles. The van der Waals surface area contributed by atoms with E-state index in [1.807, 2.05) is 30.3 Å². The Morgan fingerprint density at radius 2 is 1.92 bits per heavy atom. The number of benzene rings is 1. The molecule has 0 aliphatic carbocycles. The van der Waals surface area contributed by atoms with Crippen LogP contribution in [0.4, 0.5) is 0 Å². The Hall–Kier alpha value is -0.0971. The average molecular weight is 277 g/mol. The van der Waals surface area contributed by atoms with E-state index in [-0.39, 0.29) is 36.5 Å². The Balaban J connectivity index is 0.000000605. The number of para-hydroxylation sites is 1. The number of ether oxygens (including phenoxy) is 1. The van der Waals surface area contributed by atoms with Crippen LogP contribution in [0.1, 0.15) is 5.56 Å². The van der Waals surface area contributed by atoms with E-state index in [9.17, 15) is 0 Å². The maximum Gasteiger partial charge on any atom is 0.126 e. The molecule has 0 bridgehead atoms. The van der Waals surface area contributed by atoms with Crippen LogP contribution in [0.5, 0.6) is 5.75 Å². The van der Waals surface area contributed by atoms with E-state index in [2.05, 4.69) is 6.08 Å². The summed E-state index contributed by atoms with van der Waals surface area (Å²) in [6.45, 7) is 0.705. The predicted octanol–water partition coefficient (Wildman–Crippen LogP) is 1.71. The fourth-order valence-corrected chi connectivity index (χ4v) is 1.06. The molecular weight excluding hydrogens is 268 g/mol. The fraction of sp³-hybridized carbons (Fsp3) is 0.111. The van der Waals surface area contributed by atoms with Gasteiger partial charge in [-0.25, -0.2) is 0 Å². The van der Waals surface area contributed by atoms with Gasteiger partial charge in [0.25, 0.3) is 0 Å². The molecule has 1 heterocycles. The molecule has 0 atom stereocenters. The van der Waals surface area contributed by atoms with Gasteiger partial charge in [0.05, 0.1) is 0 Å². The van der Waals surface area contributed by atoms with Crippen LogP contribution in [0.2, 0.25) is 0 Å². The monoisotopic (exact) mass is 276 g/mol. The topological polar surface area (TPSA) is 9.23 Å². The Morgan fingerprint density at radius 1 is 1.17 bits per heavy atom. The smallest absolute Gasteiger partial charge is 0.126 e. The normalized spacial score (nSPS) is 11.7. The molecule has 0 aromatic heterocycles. The summed E-state index contributed by atoms with van der Waals surface area (Å²) in [5.74, 6) is 0.991. The molecule has 1 aromatic carbocycles. The molecule has 12 heavy (non-hydrogen) atoms. The van der Waals surface area contributed by atoms with Crippen molar-refractivity contribution in [2.24, 2.45) is 0 Å². The SMILES string of the molecule is C1=Cc2ccccc2OC1.[Se].[Zn]. The van der Waals surface area contributed by atoms with Crippen molar-refractivity contribution in [3.8, 4) is 5.75 Å². The van der Waals surface area contributed by atoms with Crippen LogP contribution in [-0.2, 0) is 19.5 Å². The predicted molar refractivity (Wildman–Crippen MR) is 46.7 cm³/mol. The summed E-state index contributed by atoms with van der Waals surface area (Å²) in [6, 6.07) is 8.03. The molecular formula is C9H8OSeZn. The second kappa shape index (κ2) is 5.53. The van der Waals surface area contributed by atoms with Gasteiger partial charge in [-0.2, -0.15) is 0 Å². The molecule has 2 radical (unpaired) electrons. The third kappa shape index (κ3) is 2.45. The zero-order chi connectivity index (χ0) is 6.81. The van der Waals surface area contributed by atoms with Crippen LogP contribution in [0.15, 0.2) is 30.3 Å². The minimum Gasteiger partial charge on any atom is -0.489 e. The van der Waals surface area contributed by atoms with Crippen LogP contribution >= 0.6 is 0 Å². The maximum absolute atomic E-state index is 5.34. The quantitative estimate of drug-likeness (QED) is 0.656. The minimum absolute atomic E-state index is 0. The van der Waals surface area contributed by atoms with Crippen molar-refractivity contribution >= 4 is 23.1 Å². The Kier molecular flexibility index (Phi) is 5.49. The number of hydrogen-bond acceptors (Lipinski definition) is 1. The summed E-state index contributed by atoms with van der Waals surface area (Å²) in [7, 11) is 0. The Morgan fingerprint density at radius 3 is 2.67 bits per heavy atom. The first-order chi connectivity index (χ1) is 4.97.